The molecular formula is C12H23N3O2. The van der Waals surface area contributed by atoms with E-state index in [9.17, 15) is 4.79 Å². The third-order valence-electron chi connectivity index (χ3n) is 2.59. The van der Waals surface area contributed by atoms with Gasteiger partial charge in [-0.2, -0.15) is 5.26 Å². The molecule has 98 valence electrons. The predicted octanol–water partition coefficient (Wildman–Crippen LogP) is 0.453. The molecule has 1 amide bonds. The van der Waals surface area contributed by atoms with Crippen LogP contribution < -0.4 is 0 Å². The number of amides is 1. The number of nitriles is 1. The predicted molar refractivity (Wildman–Crippen MR) is 66.3 cm³/mol. The molecule has 5 nitrogen and oxygen atoms in total. The van der Waals surface area contributed by atoms with Gasteiger partial charge in [0.15, 0.2) is 0 Å². The van der Waals surface area contributed by atoms with Gasteiger partial charge in [-0.15, -0.1) is 0 Å². The molecule has 17 heavy (non-hydrogen) atoms. The van der Waals surface area contributed by atoms with Crippen LogP contribution >= 0.6 is 0 Å². The molecule has 0 rings (SSSR count). The summed E-state index contributed by atoms with van der Waals surface area (Å²) in [6.45, 7) is 4.31. The van der Waals surface area contributed by atoms with Gasteiger partial charge in [-0.25, -0.2) is 0 Å². The van der Waals surface area contributed by atoms with Crippen molar-refractivity contribution < 1.29 is 9.90 Å². The Morgan fingerprint density at radius 2 is 2.06 bits per heavy atom. The Labute approximate surface area is 104 Å². The molecule has 0 aromatic carbocycles. The lowest BCUT2D eigenvalue weighted by atomic mass is 10.3. The van der Waals surface area contributed by atoms with Crippen molar-refractivity contribution in [3.05, 3.63) is 0 Å². The molecule has 0 saturated carbocycles. The second kappa shape index (κ2) is 10.1. The average molecular weight is 241 g/mol. The van der Waals surface area contributed by atoms with Crippen LogP contribution in [0.3, 0.4) is 0 Å². The highest BCUT2D eigenvalue weighted by molar-refractivity contribution is 5.77. The SMILES string of the molecule is CCCCN(CCO)CC(=O)N(C)CCC#N. The smallest absolute Gasteiger partial charge is 0.236 e. The van der Waals surface area contributed by atoms with Crippen molar-refractivity contribution in [3.8, 4) is 6.07 Å². The zero-order valence-electron chi connectivity index (χ0n) is 10.9. The lowest BCUT2D eigenvalue weighted by Gasteiger charge is -2.23. The normalized spacial score (nSPS) is 10.3. The fourth-order valence-corrected chi connectivity index (χ4v) is 1.45. The van der Waals surface area contributed by atoms with E-state index in [0.29, 0.717) is 26.1 Å². The molecule has 0 aromatic rings. The van der Waals surface area contributed by atoms with Gasteiger partial charge >= 0.3 is 0 Å². The summed E-state index contributed by atoms with van der Waals surface area (Å²) in [5, 5.41) is 17.4. The van der Waals surface area contributed by atoms with E-state index in [1.165, 1.54) is 0 Å². The second-order valence-electron chi connectivity index (χ2n) is 4.08. The van der Waals surface area contributed by atoms with E-state index in [2.05, 4.69) is 6.92 Å². The highest BCUT2D eigenvalue weighted by Gasteiger charge is 2.13. The summed E-state index contributed by atoms with van der Waals surface area (Å²) in [6.07, 6.45) is 2.45. The first-order valence-corrected chi connectivity index (χ1v) is 6.09. The summed E-state index contributed by atoms with van der Waals surface area (Å²) in [6, 6.07) is 2.02. The number of unbranched alkanes of at least 4 members (excludes halogenated alkanes) is 1. The van der Waals surface area contributed by atoms with Gasteiger partial charge < -0.3 is 10.0 Å². The van der Waals surface area contributed by atoms with Crippen LogP contribution in [0.4, 0.5) is 0 Å². The molecule has 0 bridgehead atoms. The topological polar surface area (TPSA) is 67.6 Å². The molecule has 0 saturated heterocycles. The Hall–Kier alpha value is -1.12. The first kappa shape index (κ1) is 15.9. The van der Waals surface area contributed by atoms with Gasteiger partial charge in [-0.05, 0) is 13.0 Å². The minimum Gasteiger partial charge on any atom is -0.395 e. The molecule has 0 heterocycles. The molecule has 0 aliphatic carbocycles. The van der Waals surface area contributed by atoms with Crippen LogP contribution in [-0.4, -0.2) is 60.6 Å². The number of likely N-dealkylation sites (N-methyl/N-ethyl adjacent to an activating group) is 1. The van der Waals surface area contributed by atoms with Crippen molar-refractivity contribution in [1.29, 1.82) is 5.26 Å². The van der Waals surface area contributed by atoms with Crippen LogP contribution in [0, 0.1) is 11.3 Å². The van der Waals surface area contributed by atoms with E-state index < -0.39 is 0 Å². The lowest BCUT2D eigenvalue weighted by molar-refractivity contribution is -0.131. The van der Waals surface area contributed by atoms with Gasteiger partial charge in [-0.3, -0.25) is 9.69 Å². The molecule has 5 heteroatoms. The third kappa shape index (κ3) is 7.72. The number of nitrogens with zero attached hydrogens (tertiary/aromatic N) is 3. The van der Waals surface area contributed by atoms with Gasteiger partial charge in [-0.1, -0.05) is 13.3 Å². The first-order valence-electron chi connectivity index (χ1n) is 6.09. The summed E-state index contributed by atoms with van der Waals surface area (Å²) in [7, 11) is 1.70. The Bertz CT molecular complexity index is 251. The molecule has 0 aliphatic rings. The Morgan fingerprint density at radius 1 is 1.35 bits per heavy atom. The molecular weight excluding hydrogens is 218 g/mol. The number of hydrogen-bond donors (Lipinski definition) is 1. The summed E-state index contributed by atoms with van der Waals surface area (Å²) < 4.78 is 0. The Kier molecular flexibility index (Phi) is 9.40. The van der Waals surface area contributed by atoms with E-state index >= 15 is 0 Å². The third-order valence-corrected chi connectivity index (χ3v) is 2.59. The minimum atomic E-state index is 0.00445. The van der Waals surface area contributed by atoms with E-state index in [4.69, 9.17) is 10.4 Å². The highest BCUT2D eigenvalue weighted by Crippen LogP contribution is 1.97. The van der Waals surface area contributed by atoms with Crippen molar-refractivity contribution in [2.24, 2.45) is 0 Å². The maximum atomic E-state index is 11.8. The van der Waals surface area contributed by atoms with Crippen LogP contribution in [0.2, 0.25) is 0 Å². The maximum Gasteiger partial charge on any atom is 0.236 e. The van der Waals surface area contributed by atoms with E-state index in [1.54, 1.807) is 11.9 Å². The van der Waals surface area contributed by atoms with Crippen molar-refractivity contribution in [2.75, 3.05) is 39.8 Å². The molecule has 0 atom stereocenters. The van der Waals surface area contributed by atoms with Crippen LogP contribution in [-0.2, 0) is 4.79 Å². The lowest BCUT2D eigenvalue weighted by Crippen LogP contribution is -2.40. The van der Waals surface area contributed by atoms with Crippen LogP contribution in [0.5, 0.6) is 0 Å². The number of rotatable bonds is 9. The zero-order valence-corrected chi connectivity index (χ0v) is 10.9. The molecule has 0 radical (unpaired) electrons. The molecule has 0 fully saturated rings. The van der Waals surface area contributed by atoms with Gasteiger partial charge in [0.1, 0.15) is 0 Å². The largest absolute Gasteiger partial charge is 0.395 e. The van der Waals surface area contributed by atoms with Crippen molar-refractivity contribution >= 4 is 5.91 Å². The van der Waals surface area contributed by atoms with Gasteiger partial charge in [0.05, 0.1) is 25.6 Å². The summed E-state index contributed by atoms with van der Waals surface area (Å²) in [4.78, 5) is 15.3. The molecule has 0 aliphatic heterocycles. The molecule has 0 spiro atoms. The van der Waals surface area contributed by atoms with Crippen LogP contribution in [0.25, 0.3) is 0 Å². The maximum absolute atomic E-state index is 11.8. The Balaban J connectivity index is 4.05. The number of carbonyl (C=O) groups is 1. The molecule has 1 N–H and O–H groups in total. The fourth-order valence-electron chi connectivity index (χ4n) is 1.45. The van der Waals surface area contributed by atoms with Crippen LogP contribution in [0.15, 0.2) is 0 Å². The number of aliphatic hydroxyl groups excluding tert-OH is 1. The molecule has 0 aromatic heterocycles. The Morgan fingerprint density at radius 3 is 2.59 bits per heavy atom. The van der Waals surface area contributed by atoms with Gasteiger partial charge in [0, 0.05) is 20.1 Å². The quantitative estimate of drug-likeness (QED) is 0.636. The van der Waals surface area contributed by atoms with Crippen LogP contribution in [0.1, 0.15) is 26.2 Å². The molecule has 0 unspecified atom stereocenters. The fraction of sp³-hybridized carbons (Fsp3) is 0.833. The number of carbonyl (C=O) groups excluding carboxylic acids is 1. The number of aliphatic hydroxyl groups is 1. The minimum absolute atomic E-state index is 0.00445. The summed E-state index contributed by atoms with van der Waals surface area (Å²) in [5.41, 5.74) is 0. The van der Waals surface area contributed by atoms with Crippen molar-refractivity contribution in [2.45, 2.75) is 26.2 Å². The summed E-state index contributed by atoms with van der Waals surface area (Å²) >= 11 is 0. The second-order valence-corrected chi connectivity index (χ2v) is 4.08. The standard InChI is InChI=1S/C12H23N3O2/c1-3-4-8-15(9-10-16)11-12(17)14(2)7-5-6-13/h16H,3-5,7-11H2,1-2H3. The highest BCUT2D eigenvalue weighted by atomic mass is 16.3. The van der Waals surface area contributed by atoms with E-state index in [-0.39, 0.29) is 12.5 Å². The monoisotopic (exact) mass is 241 g/mol. The zero-order chi connectivity index (χ0) is 13.1. The average Bonchev–Trinajstić information content (AvgIpc) is 2.33. The van der Waals surface area contributed by atoms with E-state index in [1.807, 2.05) is 11.0 Å². The first-order chi connectivity index (χ1) is 8.15. The van der Waals surface area contributed by atoms with Gasteiger partial charge in [0.25, 0.3) is 0 Å². The van der Waals surface area contributed by atoms with Gasteiger partial charge in [0.2, 0.25) is 5.91 Å². The van der Waals surface area contributed by atoms with Crippen molar-refractivity contribution in [1.82, 2.24) is 9.80 Å². The van der Waals surface area contributed by atoms with E-state index in [0.717, 1.165) is 19.4 Å². The van der Waals surface area contributed by atoms with Crippen molar-refractivity contribution in [3.63, 3.8) is 0 Å². The summed E-state index contributed by atoms with van der Waals surface area (Å²) in [5.74, 6) is 0.00445. The number of hydrogen-bond acceptors (Lipinski definition) is 4.